The van der Waals surface area contributed by atoms with Crippen molar-refractivity contribution in [1.29, 1.82) is 0 Å². The van der Waals surface area contributed by atoms with Gasteiger partial charge in [-0.25, -0.2) is 16.8 Å². The first-order valence-corrected chi connectivity index (χ1v) is 13.7. The summed E-state index contributed by atoms with van der Waals surface area (Å²) in [5.41, 5.74) is 0. The van der Waals surface area contributed by atoms with Crippen LogP contribution < -0.4 is 9.47 Å². The van der Waals surface area contributed by atoms with E-state index in [1.807, 2.05) is 0 Å². The number of benzene rings is 2. The molecule has 2 atom stereocenters. The molecule has 0 radical (unpaired) electrons. The van der Waals surface area contributed by atoms with Gasteiger partial charge in [0.2, 0.25) is 10.0 Å². The number of ether oxygens (including phenoxy) is 2. The van der Waals surface area contributed by atoms with Gasteiger partial charge in [-0.1, -0.05) is 5.92 Å². The number of carboxylic acid groups (broad SMARTS) is 1. The maximum atomic E-state index is 13.9. The van der Waals surface area contributed by atoms with Crippen LogP contribution in [0.5, 0.6) is 11.5 Å². The van der Waals surface area contributed by atoms with Crippen LogP contribution in [0.25, 0.3) is 0 Å². The van der Waals surface area contributed by atoms with E-state index in [-0.39, 0.29) is 29.4 Å². The van der Waals surface area contributed by atoms with Crippen LogP contribution in [0.4, 0.5) is 0 Å². The summed E-state index contributed by atoms with van der Waals surface area (Å²) in [5, 5.41) is 9.61. The van der Waals surface area contributed by atoms with Crippen LogP contribution in [0.15, 0.2) is 58.3 Å². The summed E-state index contributed by atoms with van der Waals surface area (Å²) in [6.45, 7) is 2.80. The Bertz CT molecular complexity index is 1340. The van der Waals surface area contributed by atoms with E-state index in [1.54, 1.807) is 6.92 Å². The summed E-state index contributed by atoms with van der Waals surface area (Å²) in [7, 11) is -7.20. The Morgan fingerprint density at radius 2 is 1.63 bits per heavy atom. The monoisotopic (exact) mass is 521 g/mol. The number of methoxy groups -OCH3 is 1. The van der Waals surface area contributed by atoms with Gasteiger partial charge in [-0.05, 0) is 75.2 Å². The van der Waals surface area contributed by atoms with E-state index in [2.05, 4.69) is 11.8 Å². The lowest BCUT2D eigenvalue weighted by molar-refractivity contribution is -0.143. The van der Waals surface area contributed by atoms with Gasteiger partial charge in [-0.15, -0.1) is 5.92 Å². The van der Waals surface area contributed by atoms with Gasteiger partial charge in [0.1, 0.15) is 23.0 Å². The molecule has 11 heteroatoms. The average Bonchev–Trinajstić information content (AvgIpc) is 2.84. The highest BCUT2D eigenvalue weighted by Gasteiger charge is 2.55. The molecule has 0 saturated carbocycles. The molecule has 2 aromatic carbocycles. The molecule has 0 aromatic heterocycles. The summed E-state index contributed by atoms with van der Waals surface area (Å²) >= 11 is 0. The summed E-state index contributed by atoms with van der Waals surface area (Å²) in [6, 6.07) is 11.1. The molecular weight excluding hydrogens is 494 g/mol. The molecule has 1 aliphatic rings. The fourth-order valence-electron chi connectivity index (χ4n) is 4.04. The summed E-state index contributed by atoms with van der Waals surface area (Å²) in [4.78, 5) is 9.47. The largest absolute Gasteiger partial charge is 0.497 e. The van der Waals surface area contributed by atoms with Gasteiger partial charge < -0.3 is 14.6 Å². The number of nitrogens with zero attached hydrogens (tertiary/aromatic N) is 1. The number of sulfonamides is 1. The molecule has 35 heavy (non-hydrogen) atoms. The highest BCUT2D eigenvalue weighted by Crippen LogP contribution is 2.43. The maximum absolute atomic E-state index is 13.9. The molecule has 1 aliphatic heterocycles. The second-order valence-corrected chi connectivity index (χ2v) is 12.4. The molecule has 1 fully saturated rings. The lowest BCUT2D eigenvalue weighted by atomic mass is 9.93. The Morgan fingerprint density at radius 3 is 2.17 bits per heavy atom. The van der Waals surface area contributed by atoms with E-state index in [1.165, 1.54) is 62.6 Å². The first kappa shape index (κ1) is 26.5. The molecule has 2 aromatic rings. The second-order valence-electron chi connectivity index (χ2n) is 8.15. The Morgan fingerprint density at radius 1 is 1.06 bits per heavy atom. The smallest absolute Gasteiger partial charge is 0.306 e. The van der Waals surface area contributed by atoms with Crippen molar-refractivity contribution in [2.75, 3.05) is 20.3 Å². The predicted molar refractivity (Wildman–Crippen MR) is 128 cm³/mol. The zero-order valence-electron chi connectivity index (χ0n) is 19.6. The van der Waals surface area contributed by atoms with Crippen molar-refractivity contribution in [1.82, 2.24) is 4.31 Å². The Kier molecular flexibility index (Phi) is 7.79. The molecule has 1 N–H and O–H groups in total. The topological polar surface area (TPSA) is 127 Å². The highest BCUT2D eigenvalue weighted by molar-refractivity contribution is 7.95. The van der Waals surface area contributed by atoms with Gasteiger partial charge in [0.25, 0.3) is 0 Å². The van der Waals surface area contributed by atoms with Gasteiger partial charge in [0.05, 0.1) is 22.8 Å². The van der Waals surface area contributed by atoms with Gasteiger partial charge in [0, 0.05) is 6.54 Å². The molecular formula is C24H27NO8S2. The Balaban J connectivity index is 2.06. The van der Waals surface area contributed by atoms with Crippen LogP contribution >= 0.6 is 0 Å². The first-order chi connectivity index (χ1) is 16.5. The molecule has 0 bridgehead atoms. The minimum atomic E-state index is -4.35. The molecule has 3 rings (SSSR count). The van der Waals surface area contributed by atoms with E-state index in [4.69, 9.17) is 9.47 Å². The van der Waals surface area contributed by atoms with Crippen molar-refractivity contribution < 1.29 is 36.2 Å². The normalized spacial score (nSPS) is 20.9. The summed E-state index contributed by atoms with van der Waals surface area (Å²) in [6.07, 6.45) is -0.411. The highest BCUT2D eigenvalue weighted by atomic mass is 32.2. The molecule has 0 spiro atoms. The molecule has 188 valence electrons. The molecule has 1 heterocycles. The van der Waals surface area contributed by atoms with Crippen molar-refractivity contribution in [2.24, 2.45) is 5.92 Å². The standard InChI is InChI=1S/C24H27NO8S2/c1-4-5-16-33-20-8-10-21(11-9-20)34(28,29)24(2)17-18(23(26)27)14-15-25(24)35(30,31)22-12-6-19(32-3)7-13-22/h6-13,18H,14-17H2,1-3H3,(H,26,27). The third-order valence-electron chi connectivity index (χ3n) is 6.03. The molecule has 2 unspecified atom stereocenters. The zero-order chi connectivity index (χ0) is 25.9. The summed E-state index contributed by atoms with van der Waals surface area (Å²) in [5.74, 6) is 4.06. The van der Waals surface area contributed by atoms with E-state index < -0.39 is 43.0 Å². The van der Waals surface area contributed by atoms with Crippen LogP contribution in [-0.2, 0) is 24.7 Å². The number of rotatable bonds is 8. The third-order valence-corrected chi connectivity index (χ3v) is 10.6. The number of sulfone groups is 1. The molecule has 1 saturated heterocycles. The number of aliphatic carboxylic acids is 1. The van der Waals surface area contributed by atoms with Crippen molar-refractivity contribution in [3.05, 3.63) is 48.5 Å². The van der Waals surface area contributed by atoms with Gasteiger partial charge in [0.15, 0.2) is 9.84 Å². The quantitative estimate of drug-likeness (QED) is 0.526. The van der Waals surface area contributed by atoms with Crippen LogP contribution in [0.2, 0.25) is 0 Å². The molecule has 0 aliphatic carbocycles. The van der Waals surface area contributed by atoms with Crippen LogP contribution in [0.1, 0.15) is 26.7 Å². The zero-order valence-corrected chi connectivity index (χ0v) is 21.2. The van der Waals surface area contributed by atoms with Crippen molar-refractivity contribution in [2.45, 2.75) is 41.4 Å². The van der Waals surface area contributed by atoms with Gasteiger partial charge in [-0.2, -0.15) is 4.31 Å². The van der Waals surface area contributed by atoms with E-state index in [0.29, 0.717) is 11.5 Å². The second kappa shape index (κ2) is 10.3. The van der Waals surface area contributed by atoms with Crippen LogP contribution in [0, 0.1) is 17.8 Å². The van der Waals surface area contributed by atoms with Crippen LogP contribution in [-0.4, -0.2) is 57.3 Å². The number of hydrogen-bond acceptors (Lipinski definition) is 7. The molecule has 9 nitrogen and oxygen atoms in total. The number of piperidine rings is 1. The maximum Gasteiger partial charge on any atom is 0.306 e. The Labute approximate surface area is 205 Å². The predicted octanol–water partition coefficient (Wildman–Crippen LogP) is 2.77. The number of carbonyl (C=O) groups is 1. The van der Waals surface area contributed by atoms with E-state index in [0.717, 1.165) is 4.31 Å². The van der Waals surface area contributed by atoms with E-state index in [9.17, 15) is 26.7 Å². The summed E-state index contributed by atoms with van der Waals surface area (Å²) < 4.78 is 66.3. The lowest BCUT2D eigenvalue weighted by Crippen LogP contribution is -2.59. The van der Waals surface area contributed by atoms with E-state index >= 15 is 0 Å². The van der Waals surface area contributed by atoms with Crippen molar-refractivity contribution in [3.63, 3.8) is 0 Å². The lowest BCUT2D eigenvalue weighted by Gasteiger charge is -2.44. The first-order valence-electron chi connectivity index (χ1n) is 10.7. The number of hydrogen-bond donors (Lipinski definition) is 1. The fourth-order valence-corrected chi connectivity index (χ4v) is 8.07. The minimum Gasteiger partial charge on any atom is -0.497 e. The third kappa shape index (κ3) is 5.15. The minimum absolute atomic E-state index is 0.0128. The Hall–Kier alpha value is -3.07. The SMILES string of the molecule is CC#CCOc1ccc(S(=O)(=O)C2(C)CC(C(=O)O)CCN2S(=O)(=O)c2ccc(OC)cc2)cc1. The fraction of sp³-hybridized carbons (Fsp3) is 0.375. The van der Waals surface area contributed by atoms with Crippen LogP contribution in [0.3, 0.4) is 0 Å². The molecule has 0 amide bonds. The van der Waals surface area contributed by atoms with Gasteiger partial charge >= 0.3 is 5.97 Å². The van der Waals surface area contributed by atoms with Crippen molar-refractivity contribution in [3.8, 4) is 23.3 Å². The number of carboxylic acids is 1. The van der Waals surface area contributed by atoms with Gasteiger partial charge in [-0.3, -0.25) is 4.79 Å². The van der Waals surface area contributed by atoms with Crippen molar-refractivity contribution >= 4 is 25.8 Å². The average molecular weight is 522 g/mol.